The van der Waals surface area contributed by atoms with E-state index in [1.807, 2.05) is 0 Å². The summed E-state index contributed by atoms with van der Waals surface area (Å²) in [5, 5.41) is 2.85. The van der Waals surface area contributed by atoms with Gasteiger partial charge in [0, 0.05) is 0 Å². The largest absolute Gasteiger partial charge is 0.459 e. The van der Waals surface area contributed by atoms with Crippen molar-refractivity contribution in [2.45, 2.75) is 25.2 Å². The topological polar surface area (TPSA) is 17.8 Å². The maximum atomic E-state index is 13.3. The number of aryl methyl sites for hydroxylation is 1. The van der Waals surface area contributed by atoms with E-state index in [-0.39, 0.29) is 16.4 Å². The molecule has 1 aromatic heterocycles. The van der Waals surface area contributed by atoms with Gasteiger partial charge in [0.15, 0.2) is 0 Å². The summed E-state index contributed by atoms with van der Waals surface area (Å²) >= 11 is 0. The highest BCUT2D eigenvalue weighted by atomic mass is 19.4. The van der Waals surface area contributed by atoms with Crippen LogP contribution in [0, 0.1) is 6.92 Å². The zero-order valence-electron chi connectivity index (χ0n) is 11.3. The molecule has 0 saturated heterocycles. The van der Waals surface area contributed by atoms with E-state index in [1.54, 1.807) is 0 Å². The normalized spacial score (nSPS) is 13.4. The summed E-state index contributed by atoms with van der Waals surface area (Å²) in [6, 6.07) is 4.85. The van der Waals surface area contributed by atoms with Crippen LogP contribution >= 0.6 is 0 Å². The number of nitrogens with zero attached hydrogens (tertiary/aromatic N) is 2. The van der Waals surface area contributed by atoms with Gasteiger partial charge in [0.25, 0.3) is 0 Å². The van der Waals surface area contributed by atoms with Gasteiger partial charge in [-0.15, -0.1) is 0 Å². The molecule has 0 bridgehead atoms. The number of hydrogen-bond acceptors (Lipinski definition) is 1. The first-order chi connectivity index (χ1) is 10.3. The minimum atomic E-state index is -6.05. The molecule has 0 unspecified atom stereocenters. The summed E-state index contributed by atoms with van der Waals surface area (Å²) in [6.07, 6.45) is -11.2. The number of aromatic nitrogens is 2. The predicted octanol–water partition coefficient (Wildman–Crippen LogP) is 4.85. The fourth-order valence-electron chi connectivity index (χ4n) is 1.84. The van der Waals surface area contributed by atoms with E-state index in [9.17, 15) is 35.1 Å². The third-order valence-corrected chi connectivity index (χ3v) is 2.92. The van der Waals surface area contributed by atoms with E-state index in [1.165, 1.54) is 25.1 Å². The molecule has 1 aromatic carbocycles. The van der Waals surface area contributed by atoms with Crippen LogP contribution in [0.4, 0.5) is 35.1 Å². The van der Waals surface area contributed by atoms with Crippen LogP contribution in [-0.4, -0.2) is 16.0 Å². The van der Waals surface area contributed by atoms with Gasteiger partial charge in [0.2, 0.25) is 0 Å². The van der Waals surface area contributed by atoms with Gasteiger partial charge in [-0.25, -0.2) is 4.68 Å². The summed E-state index contributed by atoms with van der Waals surface area (Å²) in [6.45, 7) is 1.52. The van der Waals surface area contributed by atoms with E-state index in [2.05, 4.69) is 5.10 Å². The van der Waals surface area contributed by atoms with Crippen LogP contribution in [0.15, 0.2) is 30.3 Å². The highest BCUT2D eigenvalue weighted by molar-refractivity contribution is 5.38. The second kappa shape index (κ2) is 5.20. The summed E-state index contributed by atoms with van der Waals surface area (Å²) in [5.74, 6) is -5.50. The lowest BCUT2D eigenvalue weighted by Gasteiger charge is -2.16. The molecule has 0 spiro atoms. The van der Waals surface area contributed by atoms with E-state index in [0.29, 0.717) is 5.56 Å². The summed E-state index contributed by atoms with van der Waals surface area (Å²) in [7, 11) is 0. The molecule has 2 aromatic rings. The minimum absolute atomic E-state index is 0.0297. The van der Waals surface area contributed by atoms with Crippen LogP contribution in [0.25, 0.3) is 5.69 Å². The van der Waals surface area contributed by atoms with Crippen LogP contribution in [0.5, 0.6) is 0 Å². The van der Waals surface area contributed by atoms with Crippen molar-refractivity contribution in [2.75, 3.05) is 0 Å². The molecule has 0 aliphatic carbocycles. The van der Waals surface area contributed by atoms with Crippen LogP contribution in [-0.2, 0) is 12.1 Å². The average molecular weight is 344 g/mol. The molecule has 0 radical (unpaired) electrons. The number of rotatable bonds is 2. The Hall–Kier alpha value is -2.13. The van der Waals surface area contributed by atoms with Crippen molar-refractivity contribution >= 4 is 0 Å². The van der Waals surface area contributed by atoms with Gasteiger partial charge in [0.1, 0.15) is 11.4 Å². The molecule has 0 saturated carbocycles. The van der Waals surface area contributed by atoms with Gasteiger partial charge in [-0.3, -0.25) is 0 Å². The SMILES string of the molecule is Cc1cccc(-n2nc(C(F)(F)C(F)(F)F)cc2C(F)(F)F)c1. The Balaban J connectivity index is 2.68. The van der Waals surface area contributed by atoms with Crippen molar-refractivity contribution in [1.82, 2.24) is 9.78 Å². The Morgan fingerprint density at radius 3 is 2.00 bits per heavy atom. The van der Waals surface area contributed by atoms with E-state index in [0.717, 1.165) is 6.07 Å². The van der Waals surface area contributed by atoms with Gasteiger partial charge in [-0.1, -0.05) is 12.1 Å². The fraction of sp³-hybridized carbons (Fsp3) is 0.308. The van der Waals surface area contributed by atoms with E-state index in [4.69, 9.17) is 0 Å². The highest BCUT2D eigenvalue weighted by Crippen LogP contribution is 2.45. The van der Waals surface area contributed by atoms with Gasteiger partial charge in [-0.2, -0.15) is 40.2 Å². The second-order valence-electron chi connectivity index (χ2n) is 4.74. The van der Waals surface area contributed by atoms with Crippen LogP contribution in [0.3, 0.4) is 0 Å². The van der Waals surface area contributed by atoms with E-state index < -0.39 is 29.7 Å². The van der Waals surface area contributed by atoms with Crippen molar-refractivity contribution < 1.29 is 35.1 Å². The first-order valence-electron chi connectivity index (χ1n) is 6.03. The lowest BCUT2D eigenvalue weighted by molar-refractivity contribution is -0.291. The van der Waals surface area contributed by atoms with Gasteiger partial charge >= 0.3 is 18.3 Å². The molecule has 0 amide bonds. The lowest BCUT2D eigenvalue weighted by Crippen LogP contribution is -2.34. The highest BCUT2D eigenvalue weighted by Gasteiger charge is 2.61. The smallest absolute Gasteiger partial charge is 0.228 e. The quantitative estimate of drug-likeness (QED) is 0.712. The monoisotopic (exact) mass is 344 g/mol. The Kier molecular flexibility index (Phi) is 3.90. The molecule has 0 aliphatic heterocycles. The number of benzene rings is 1. The maximum absolute atomic E-state index is 13.3. The van der Waals surface area contributed by atoms with Gasteiger partial charge < -0.3 is 0 Å². The standard InChI is InChI=1S/C13H8F8N2/c1-7-3-2-4-8(5-7)23-10(12(16,17)18)6-9(22-23)11(14,15)13(19,20)21/h2-6H,1H3. The molecule has 0 atom stereocenters. The molecule has 23 heavy (non-hydrogen) atoms. The number of halogens is 8. The van der Waals surface area contributed by atoms with Crippen LogP contribution in [0.2, 0.25) is 0 Å². The third kappa shape index (κ3) is 3.15. The Morgan fingerprint density at radius 1 is 0.913 bits per heavy atom. The molecule has 126 valence electrons. The number of hydrogen-bond donors (Lipinski definition) is 0. The summed E-state index contributed by atoms with van der Waals surface area (Å²) < 4.78 is 102. The minimum Gasteiger partial charge on any atom is -0.228 e. The second-order valence-corrected chi connectivity index (χ2v) is 4.74. The van der Waals surface area contributed by atoms with Crippen LogP contribution < -0.4 is 0 Å². The molecule has 0 aliphatic rings. The average Bonchev–Trinajstić information content (AvgIpc) is 2.82. The van der Waals surface area contributed by atoms with Crippen LogP contribution in [0.1, 0.15) is 17.0 Å². The lowest BCUT2D eigenvalue weighted by atomic mass is 10.2. The van der Waals surface area contributed by atoms with E-state index >= 15 is 0 Å². The molecule has 1 heterocycles. The molecule has 2 nitrogen and oxygen atoms in total. The van der Waals surface area contributed by atoms with Crippen molar-refractivity contribution in [3.8, 4) is 5.69 Å². The zero-order valence-corrected chi connectivity index (χ0v) is 11.3. The fourth-order valence-corrected chi connectivity index (χ4v) is 1.84. The van der Waals surface area contributed by atoms with Crippen molar-refractivity contribution in [3.63, 3.8) is 0 Å². The molecule has 0 N–H and O–H groups in total. The van der Waals surface area contributed by atoms with Crippen molar-refractivity contribution in [3.05, 3.63) is 47.3 Å². The van der Waals surface area contributed by atoms with Crippen molar-refractivity contribution in [1.29, 1.82) is 0 Å². The predicted molar refractivity (Wildman–Crippen MR) is 63.3 cm³/mol. The number of alkyl halides is 8. The zero-order chi connectivity index (χ0) is 17.6. The summed E-state index contributed by atoms with van der Waals surface area (Å²) in [5.41, 5.74) is -3.53. The maximum Gasteiger partial charge on any atom is 0.459 e. The molecular weight excluding hydrogens is 336 g/mol. The molecular formula is C13H8F8N2. The van der Waals surface area contributed by atoms with Crippen molar-refractivity contribution in [2.24, 2.45) is 0 Å². The van der Waals surface area contributed by atoms with Gasteiger partial charge in [-0.05, 0) is 30.7 Å². The van der Waals surface area contributed by atoms with Gasteiger partial charge in [0.05, 0.1) is 5.69 Å². The molecule has 10 heteroatoms. The Morgan fingerprint density at radius 2 is 1.52 bits per heavy atom. The first-order valence-corrected chi connectivity index (χ1v) is 6.03. The molecule has 2 rings (SSSR count). The first kappa shape index (κ1) is 17.2. The summed E-state index contributed by atoms with van der Waals surface area (Å²) in [4.78, 5) is 0. The third-order valence-electron chi connectivity index (χ3n) is 2.92. The Labute approximate surface area is 124 Å². The molecule has 0 fully saturated rings. The Bertz CT molecular complexity index is 711.